The fourth-order valence-electron chi connectivity index (χ4n) is 1.74. The molecule has 0 aliphatic heterocycles. The van der Waals surface area contributed by atoms with Gasteiger partial charge in [-0.25, -0.2) is 9.37 Å². The van der Waals surface area contributed by atoms with Crippen LogP contribution in [-0.4, -0.2) is 9.97 Å². The van der Waals surface area contributed by atoms with Crippen LogP contribution in [0.1, 0.15) is 29.9 Å². The molecular formula is C14H15ClFN3. The van der Waals surface area contributed by atoms with E-state index in [0.717, 1.165) is 22.8 Å². The standard InChI is InChI=1S/C14H15ClFN3/c1-8-7-17-10(3)14(18-8)19-9(2)11-4-5-13(16)12(15)6-11/h4-7,9H,1-3H3,(H,18,19). The van der Waals surface area contributed by atoms with Gasteiger partial charge in [-0.05, 0) is 38.5 Å². The molecule has 2 aromatic rings. The van der Waals surface area contributed by atoms with Crippen molar-refractivity contribution in [3.8, 4) is 0 Å². The predicted molar refractivity (Wildman–Crippen MR) is 75.0 cm³/mol. The summed E-state index contributed by atoms with van der Waals surface area (Å²) in [5, 5.41) is 3.38. The van der Waals surface area contributed by atoms with E-state index in [0.29, 0.717) is 0 Å². The van der Waals surface area contributed by atoms with E-state index in [9.17, 15) is 4.39 Å². The summed E-state index contributed by atoms with van der Waals surface area (Å²) in [6, 6.07) is 4.66. The molecule has 0 aliphatic rings. The van der Waals surface area contributed by atoms with E-state index >= 15 is 0 Å². The lowest BCUT2D eigenvalue weighted by molar-refractivity contribution is 0.627. The minimum Gasteiger partial charge on any atom is -0.362 e. The lowest BCUT2D eigenvalue weighted by atomic mass is 10.1. The second-order valence-electron chi connectivity index (χ2n) is 4.48. The van der Waals surface area contributed by atoms with E-state index in [2.05, 4.69) is 15.3 Å². The van der Waals surface area contributed by atoms with Gasteiger partial charge in [0.15, 0.2) is 0 Å². The number of nitrogens with one attached hydrogen (secondary N) is 1. The smallest absolute Gasteiger partial charge is 0.148 e. The predicted octanol–water partition coefficient (Wildman–Crippen LogP) is 4.06. The maximum atomic E-state index is 13.1. The molecule has 0 aliphatic carbocycles. The highest BCUT2D eigenvalue weighted by Crippen LogP contribution is 2.23. The summed E-state index contributed by atoms with van der Waals surface area (Å²) in [7, 11) is 0. The third kappa shape index (κ3) is 3.20. The van der Waals surface area contributed by atoms with Gasteiger partial charge < -0.3 is 5.32 Å². The van der Waals surface area contributed by atoms with Crippen LogP contribution < -0.4 is 5.32 Å². The monoisotopic (exact) mass is 279 g/mol. The normalized spacial score (nSPS) is 12.3. The van der Waals surface area contributed by atoms with Gasteiger partial charge in [-0.15, -0.1) is 0 Å². The fourth-order valence-corrected chi connectivity index (χ4v) is 1.93. The van der Waals surface area contributed by atoms with E-state index in [4.69, 9.17) is 11.6 Å². The molecule has 2 rings (SSSR count). The molecule has 0 saturated carbocycles. The molecule has 0 saturated heterocycles. The maximum Gasteiger partial charge on any atom is 0.148 e. The van der Waals surface area contributed by atoms with Gasteiger partial charge in [-0.3, -0.25) is 4.98 Å². The van der Waals surface area contributed by atoms with Crippen molar-refractivity contribution in [2.45, 2.75) is 26.8 Å². The average Bonchev–Trinajstić information content (AvgIpc) is 2.37. The summed E-state index contributed by atoms with van der Waals surface area (Å²) in [6.45, 7) is 5.74. The summed E-state index contributed by atoms with van der Waals surface area (Å²) >= 11 is 5.79. The SMILES string of the molecule is Cc1cnc(C)c(NC(C)c2ccc(F)c(Cl)c2)n1. The highest BCUT2D eigenvalue weighted by molar-refractivity contribution is 6.30. The minimum absolute atomic E-state index is 0.0344. The van der Waals surface area contributed by atoms with Crippen molar-refractivity contribution in [1.82, 2.24) is 9.97 Å². The van der Waals surface area contributed by atoms with Crippen LogP contribution in [0.4, 0.5) is 10.2 Å². The lowest BCUT2D eigenvalue weighted by Gasteiger charge is -2.16. The summed E-state index contributed by atoms with van der Waals surface area (Å²) < 4.78 is 13.1. The first-order valence-electron chi connectivity index (χ1n) is 5.99. The molecule has 1 unspecified atom stereocenters. The van der Waals surface area contributed by atoms with Gasteiger partial charge in [-0.2, -0.15) is 0 Å². The topological polar surface area (TPSA) is 37.8 Å². The Balaban J connectivity index is 2.22. The van der Waals surface area contributed by atoms with Crippen molar-refractivity contribution in [2.75, 3.05) is 5.32 Å². The molecule has 1 atom stereocenters. The Morgan fingerprint density at radius 2 is 2.05 bits per heavy atom. The molecule has 100 valence electrons. The number of hydrogen-bond acceptors (Lipinski definition) is 3. The maximum absolute atomic E-state index is 13.1. The van der Waals surface area contributed by atoms with Crippen molar-refractivity contribution in [1.29, 1.82) is 0 Å². The zero-order valence-corrected chi connectivity index (χ0v) is 11.8. The van der Waals surface area contributed by atoms with Crippen molar-refractivity contribution in [3.63, 3.8) is 0 Å². The largest absolute Gasteiger partial charge is 0.362 e. The molecule has 0 fully saturated rings. The Kier molecular flexibility index (Phi) is 4.00. The van der Waals surface area contributed by atoms with Crippen LogP contribution in [0.3, 0.4) is 0 Å². The molecule has 1 aromatic heterocycles. The van der Waals surface area contributed by atoms with Crippen LogP contribution in [0.2, 0.25) is 5.02 Å². The third-order valence-corrected chi connectivity index (χ3v) is 3.16. The number of anilines is 1. The number of halogens is 2. The Labute approximate surface area is 116 Å². The highest BCUT2D eigenvalue weighted by atomic mass is 35.5. The first-order chi connectivity index (χ1) is 8.97. The van der Waals surface area contributed by atoms with Crippen LogP contribution >= 0.6 is 11.6 Å². The molecule has 0 amide bonds. The van der Waals surface area contributed by atoms with Gasteiger partial charge in [0.05, 0.1) is 22.5 Å². The second kappa shape index (κ2) is 5.53. The van der Waals surface area contributed by atoms with E-state index in [1.807, 2.05) is 20.8 Å². The van der Waals surface area contributed by atoms with Crippen LogP contribution in [0.15, 0.2) is 24.4 Å². The van der Waals surface area contributed by atoms with Crippen molar-refractivity contribution >= 4 is 17.4 Å². The van der Waals surface area contributed by atoms with Crippen LogP contribution in [0, 0.1) is 19.7 Å². The van der Waals surface area contributed by atoms with Gasteiger partial charge >= 0.3 is 0 Å². The molecule has 1 heterocycles. The Morgan fingerprint density at radius 3 is 2.74 bits per heavy atom. The highest BCUT2D eigenvalue weighted by Gasteiger charge is 2.10. The van der Waals surface area contributed by atoms with Gasteiger partial charge in [0.1, 0.15) is 11.6 Å². The number of nitrogens with zero attached hydrogens (tertiary/aromatic N) is 2. The van der Waals surface area contributed by atoms with E-state index < -0.39 is 5.82 Å². The fraction of sp³-hybridized carbons (Fsp3) is 0.286. The summed E-state index contributed by atoms with van der Waals surface area (Å²) in [5.41, 5.74) is 2.57. The molecule has 1 aromatic carbocycles. The summed E-state index contributed by atoms with van der Waals surface area (Å²) in [4.78, 5) is 8.64. The minimum atomic E-state index is -0.413. The Morgan fingerprint density at radius 1 is 1.32 bits per heavy atom. The second-order valence-corrected chi connectivity index (χ2v) is 4.89. The number of benzene rings is 1. The summed E-state index contributed by atoms with van der Waals surface area (Å²) in [6.07, 6.45) is 1.72. The molecule has 19 heavy (non-hydrogen) atoms. The lowest BCUT2D eigenvalue weighted by Crippen LogP contribution is -2.10. The number of aryl methyl sites for hydroxylation is 2. The van der Waals surface area contributed by atoms with Crippen LogP contribution in [0.5, 0.6) is 0 Å². The van der Waals surface area contributed by atoms with Gasteiger partial charge in [-0.1, -0.05) is 17.7 Å². The summed E-state index contributed by atoms with van der Waals surface area (Å²) in [5.74, 6) is 0.317. The first kappa shape index (κ1) is 13.7. The zero-order chi connectivity index (χ0) is 14.0. The van der Waals surface area contributed by atoms with Gasteiger partial charge in [0.25, 0.3) is 0 Å². The zero-order valence-electron chi connectivity index (χ0n) is 11.0. The Bertz CT molecular complexity index is 601. The molecule has 1 N–H and O–H groups in total. The van der Waals surface area contributed by atoms with Crippen LogP contribution in [-0.2, 0) is 0 Å². The third-order valence-electron chi connectivity index (χ3n) is 2.87. The average molecular weight is 280 g/mol. The Hall–Kier alpha value is -1.68. The molecule has 3 nitrogen and oxygen atoms in total. The van der Waals surface area contributed by atoms with E-state index in [-0.39, 0.29) is 11.1 Å². The molecule has 0 radical (unpaired) electrons. The molecule has 5 heteroatoms. The van der Waals surface area contributed by atoms with Crippen LogP contribution in [0.25, 0.3) is 0 Å². The van der Waals surface area contributed by atoms with E-state index in [1.165, 1.54) is 6.07 Å². The van der Waals surface area contributed by atoms with Crippen molar-refractivity contribution in [2.24, 2.45) is 0 Å². The molecule has 0 bridgehead atoms. The molecule has 0 spiro atoms. The number of hydrogen-bond donors (Lipinski definition) is 1. The first-order valence-corrected chi connectivity index (χ1v) is 6.37. The van der Waals surface area contributed by atoms with Gasteiger partial charge in [0.2, 0.25) is 0 Å². The number of aromatic nitrogens is 2. The van der Waals surface area contributed by atoms with Crippen molar-refractivity contribution in [3.05, 3.63) is 52.2 Å². The molecular weight excluding hydrogens is 265 g/mol. The van der Waals surface area contributed by atoms with E-state index in [1.54, 1.807) is 18.3 Å². The van der Waals surface area contributed by atoms with Gasteiger partial charge in [0, 0.05) is 6.20 Å². The van der Waals surface area contributed by atoms with Crippen molar-refractivity contribution < 1.29 is 4.39 Å². The quantitative estimate of drug-likeness (QED) is 0.921. The number of rotatable bonds is 3.